The van der Waals surface area contributed by atoms with Gasteiger partial charge in [-0.3, -0.25) is 4.79 Å². The van der Waals surface area contributed by atoms with Crippen molar-refractivity contribution in [2.75, 3.05) is 0 Å². The van der Waals surface area contributed by atoms with E-state index in [9.17, 15) is 9.18 Å². The Labute approximate surface area is 146 Å². The van der Waals surface area contributed by atoms with Gasteiger partial charge < -0.3 is 9.84 Å². The molecule has 0 aliphatic rings. The molecule has 1 amide bonds. The van der Waals surface area contributed by atoms with E-state index in [1.807, 2.05) is 24.3 Å². The third kappa shape index (κ3) is 3.68. The number of hydrogen-bond acceptors (Lipinski definition) is 4. The van der Waals surface area contributed by atoms with Crippen LogP contribution in [0.3, 0.4) is 0 Å². The van der Waals surface area contributed by atoms with E-state index < -0.39 is 0 Å². The van der Waals surface area contributed by atoms with Gasteiger partial charge in [-0.1, -0.05) is 27.2 Å². The molecule has 1 aromatic heterocycles. The Morgan fingerprint density at radius 1 is 1.29 bits per heavy atom. The molecular weight excluding hydrogens is 377 g/mol. The number of aryl methyl sites for hydroxylation is 1. The van der Waals surface area contributed by atoms with Crippen LogP contribution in [0.15, 0.2) is 51.5 Å². The van der Waals surface area contributed by atoms with E-state index >= 15 is 0 Å². The summed E-state index contributed by atoms with van der Waals surface area (Å²) in [5, 5.41) is 6.53. The highest BCUT2D eigenvalue weighted by Crippen LogP contribution is 2.21. The second-order valence-corrected chi connectivity index (χ2v) is 6.09. The average Bonchev–Trinajstić information content (AvgIpc) is 3.04. The Kier molecular flexibility index (Phi) is 4.71. The summed E-state index contributed by atoms with van der Waals surface area (Å²) in [7, 11) is 0. The predicted octanol–water partition coefficient (Wildman–Crippen LogP) is 3.88. The van der Waals surface area contributed by atoms with Gasteiger partial charge in [0.2, 0.25) is 0 Å². The van der Waals surface area contributed by atoms with E-state index in [2.05, 4.69) is 31.4 Å². The SMILES string of the molecule is Cc1cc(C(=O)NCc2noc(-c3cccc(Br)c3)n2)ccc1F. The summed E-state index contributed by atoms with van der Waals surface area (Å²) in [5.41, 5.74) is 1.58. The second kappa shape index (κ2) is 6.92. The minimum absolute atomic E-state index is 0.118. The van der Waals surface area contributed by atoms with Crippen molar-refractivity contribution in [3.63, 3.8) is 0 Å². The van der Waals surface area contributed by atoms with Crippen LogP contribution in [0.25, 0.3) is 11.5 Å². The van der Waals surface area contributed by atoms with Crippen LogP contribution in [0, 0.1) is 12.7 Å². The molecule has 0 aliphatic carbocycles. The van der Waals surface area contributed by atoms with Gasteiger partial charge in [-0.2, -0.15) is 4.98 Å². The topological polar surface area (TPSA) is 68.0 Å². The van der Waals surface area contributed by atoms with E-state index in [1.54, 1.807) is 6.92 Å². The molecule has 0 atom stereocenters. The van der Waals surface area contributed by atoms with Crippen molar-refractivity contribution < 1.29 is 13.7 Å². The molecule has 2 aromatic carbocycles. The highest BCUT2D eigenvalue weighted by atomic mass is 79.9. The fourth-order valence-corrected chi connectivity index (χ4v) is 2.51. The van der Waals surface area contributed by atoms with Gasteiger partial charge in [0.1, 0.15) is 5.82 Å². The molecule has 0 aliphatic heterocycles. The largest absolute Gasteiger partial charge is 0.345 e. The summed E-state index contributed by atoms with van der Waals surface area (Å²) in [6.45, 7) is 1.72. The van der Waals surface area contributed by atoms with Crippen LogP contribution in [0.5, 0.6) is 0 Å². The third-order valence-electron chi connectivity index (χ3n) is 3.37. The van der Waals surface area contributed by atoms with Crippen molar-refractivity contribution >= 4 is 21.8 Å². The molecule has 0 fully saturated rings. The molecule has 122 valence electrons. The highest BCUT2D eigenvalue weighted by molar-refractivity contribution is 9.10. The average molecular weight is 390 g/mol. The smallest absolute Gasteiger partial charge is 0.258 e. The zero-order chi connectivity index (χ0) is 17.1. The fourth-order valence-electron chi connectivity index (χ4n) is 2.11. The number of aromatic nitrogens is 2. The molecule has 0 unspecified atom stereocenters. The maximum atomic E-state index is 13.2. The maximum Gasteiger partial charge on any atom is 0.258 e. The number of carbonyl (C=O) groups excluding carboxylic acids is 1. The minimum atomic E-state index is -0.344. The van der Waals surface area contributed by atoms with Gasteiger partial charge in [0.15, 0.2) is 5.82 Å². The van der Waals surface area contributed by atoms with Crippen molar-refractivity contribution in [1.29, 1.82) is 0 Å². The number of halogens is 2. The molecule has 0 bridgehead atoms. The first-order chi connectivity index (χ1) is 11.5. The number of benzene rings is 2. The van der Waals surface area contributed by atoms with E-state index in [1.165, 1.54) is 18.2 Å². The Balaban J connectivity index is 1.67. The number of amides is 1. The van der Waals surface area contributed by atoms with Crippen LogP contribution >= 0.6 is 15.9 Å². The van der Waals surface area contributed by atoms with Crippen molar-refractivity contribution in [1.82, 2.24) is 15.5 Å². The Morgan fingerprint density at radius 3 is 2.88 bits per heavy atom. The molecule has 1 heterocycles. The summed E-state index contributed by atoms with van der Waals surface area (Å²) >= 11 is 3.38. The van der Waals surface area contributed by atoms with Crippen molar-refractivity contribution in [2.24, 2.45) is 0 Å². The summed E-state index contributed by atoms with van der Waals surface area (Å²) < 4.78 is 19.3. The Hall–Kier alpha value is -2.54. The first-order valence-electron chi connectivity index (χ1n) is 7.16. The lowest BCUT2D eigenvalue weighted by Crippen LogP contribution is -2.23. The van der Waals surface area contributed by atoms with Gasteiger partial charge in [0.25, 0.3) is 11.8 Å². The fraction of sp³-hybridized carbons (Fsp3) is 0.118. The number of rotatable bonds is 4. The van der Waals surface area contributed by atoms with E-state index in [0.717, 1.165) is 10.0 Å². The molecular formula is C17H13BrFN3O2. The standard InChI is InChI=1S/C17H13BrFN3O2/c1-10-7-11(5-6-14(10)19)16(23)20-9-15-21-17(24-22-15)12-3-2-4-13(18)8-12/h2-8H,9H2,1H3,(H,20,23). The number of nitrogens with zero attached hydrogens (tertiary/aromatic N) is 2. The molecule has 0 saturated heterocycles. The molecule has 0 saturated carbocycles. The van der Waals surface area contributed by atoms with Crippen LogP contribution in [-0.2, 0) is 6.54 Å². The third-order valence-corrected chi connectivity index (χ3v) is 3.86. The molecule has 1 N–H and O–H groups in total. The van der Waals surface area contributed by atoms with Crippen LogP contribution in [0.1, 0.15) is 21.7 Å². The lowest BCUT2D eigenvalue weighted by atomic mass is 10.1. The lowest BCUT2D eigenvalue weighted by molar-refractivity contribution is 0.0949. The van der Waals surface area contributed by atoms with Gasteiger partial charge in [0, 0.05) is 15.6 Å². The van der Waals surface area contributed by atoms with Crippen molar-refractivity contribution in [2.45, 2.75) is 13.5 Å². The first-order valence-corrected chi connectivity index (χ1v) is 7.95. The normalized spacial score (nSPS) is 10.6. The molecule has 3 rings (SSSR count). The summed E-state index contributed by atoms with van der Waals surface area (Å²) in [6.07, 6.45) is 0. The van der Waals surface area contributed by atoms with E-state index in [4.69, 9.17) is 4.52 Å². The van der Waals surface area contributed by atoms with Gasteiger partial charge in [-0.05, 0) is 48.9 Å². The van der Waals surface area contributed by atoms with Crippen molar-refractivity contribution in [3.05, 3.63) is 69.7 Å². The molecule has 0 spiro atoms. The molecule has 5 nitrogen and oxygen atoms in total. The first kappa shape index (κ1) is 16.3. The number of nitrogens with one attached hydrogen (secondary N) is 1. The minimum Gasteiger partial charge on any atom is -0.345 e. The summed E-state index contributed by atoms with van der Waals surface area (Å²) in [5.74, 6) is 0.0608. The van der Waals surface area contributed by atoms with Gasteiger partial charge in [-0.25, -0.2) is 4.39 Å². The molecule has 7 heteroatoms. The monoisotopic (exact) mass is 389 g/mol. The molecule has 3 aromatic rings. The lowest BCUT2D eigenvalue weighted by Gasteiger charge is -2.04. The molecule has 24 heavy (non-hydrogen) atoms. The van der Waals surface area contributed by atoms with Crippen LogP contribution in [0.4, 0.5) is 4.39 Å². The van der Waals surface area contributed by atoms with E-state index in [-0.39, 0.29) is 18.3 Å². The summed E-state index contributed by atoms with van der Waals surface area (Å²) in [6, 6.07) is 11.7. The van der Waals surface area contributed by atoms with Gasteiger partial charge in [-0.15, -0.1) is 0 Å². The zero-order valence-electron chi connectivity index (χ0n) is 12.7. The van der Waals surface area contributed by atoms with Crippen LogP contribution in [-0.4, -0.2) is 16.0 Å². The number of hydrogen-bond donors (Lipinski definition) is 1. The van der Waals surface area contributed by atoms with Gasteiger partial charge >= 0.3 is 0 Å². The Bertz CT molecular complexity index is 895. The zero-order valence-corrected chi connectivity index (χ0v) is 14.3. The molecule has 0 radical (unpaired) electrons. The van der Waals surface area contributed by atoms with Crippen molar-refractivity contribution in [3.8, 4) is 11.5 Å². The second-order valence-electron chi connectivity index (χ2n) is 5.17. The Morgan fingerprint density at radius 2 is 2.12 bits per heavy atom. The quantitative estimate of drug-likeness (QED) is 0.734. The van der Waals surface area contributed by atoms with Crippen LogP contribution < -0.4 is 5.32 Å². The highest BCUT2D eigenvalue weighted by Gasteiger charge is 2.12. The summed E-state index contributed by atoms with van der Waals surface area (Å²) in [4.78, 5) is 16.3. The van der Waals surface area contributed by atoms with E-state index in [0.29, 0.717) is 22.8 Å². The van der Waals surface area contributed by atoms with Gasteiger partial charge in [0.05, 0.1) is 6.54 Å². The van der Waals surface area contributed by atoms with Crippen LogP contribution in [0.2, 0.25) is 0 Å². The number of carbonyl (C=O) groups is 1. The maximum absolute atomic E-state index is 13.2. The predicted molar refractivity (Wildman–Crippen MR) is 89.7 cm³/mol.